The van der Waals surface area contributed by atoms with Crippen molar-refractivity contribution in [3.63, 3.8) is 0 Å². The molecule has 1 atom stereocenters. The molecule has 0 aromatic heterocycles. The lowest BCUT2D eigenvalue weighted by atomic mass is 10.0. The van der Waals surface area contributed by atoms with Crippen LogP contribution in [0.1, 0.15) is 56.0 Å². The number of rotatable bonds is 14. The molecular weight excluding hydrogens is 564 g/mol. The van der Waals surface area contributed by atoms with E-state index in [1.54, 1.807) is 24.1 Å². The summed E-state index contributed by atoms with van der Waals surface area (Å²) in [6.45, 7) is 15.4. The molecule has 1 amide bonds. The van der Waals surface area contributed by atoms with E-state index in [0.29, 0.717) is 36.5 Å². The Balaban J connectivity index is 1.84. The third kappa shape index (κ3) is 8.64. The van der Waals surface area contributed by atoms with Gasteiger partial charge in [0, 0.05) is 24.4 Å². The van der Waals surface area contributed by atoms with Gasteiger partial charge in [-0.05, 0) is 60.3 Å². The van der Waals surface area contributed by atoms with Crippen LogP contribution >= 0.6 is 0 Å². The van der Waals surface area contributed by atoms with Crippen molar-refractivity contribution in [2.45, 2.75) is 64.2 Å². The summed E-state index contributed by atoms with van der Waals surface area (Å²) in [6.07, 6.45) is 4.71. The summed E-state index contributed by atoms with van der Waals surface area (Å²) in [5.41, 5.74) is 9.03. The third-order valence-electron chi connectivity index (χ3n) is 7.99. The Morgan fingerprint density at radius 2 is 1.79 bits per heavy atom. The summed E-state index contributed by atoms with van der Waals surface area (Å²) in [6, 6.07) is 10.8. The first-order valence-corrected chi connectivity index (χ1v) is 17.4. The number of nitrogen functional groups attached to an aromatic ring is 1. The van der Waals surface area contributed by atoms with Crippen LogP contribution in [0, 0.1) is 0 Å². The number of amides is 1. The highest BCUT2D eigenvalue weighted by molar-refractivity contribution is 6.74. The SMILES string of the molecule is C=CCOC(=O)CCCOc1cc(N)c(C(=O)N2C=C(c3ccc(OC)cc3)C[C@H]2CO[Si](C)(C)C(C)(C)C)cc1OC. The summed E-state index contributed by atoms with van der Waals surface area (Å²) in [7, 11) is 1.08. The molecule has 2 N–H and O–H groups in total. The van der Waals surface area contributed by atoms with Crippen molar-refractivity contribution >= 4 is 31.5 Å². The largest absolute Gasteiger partial charge is 0.497 e. The molecule has 0 spiro atoms. The van der Waals surface area contributed by atoms with Gasteiger partial charge in [0.05, 0.1) is 39.0 Å². The maximum Gasteiger partial charge on any atom is 0.306 e. The highest BCUT2D eigenvalue weighted by Gasteiger charge is 2.40. The van der Waals surface area contributed by atoms with Crippen LogP contribution in [0.15, 0.2) is 55.3 Å². The number of hydrogen-bond acceptors (Lipinski definition) is 8. The summed E-state index contributed by atoms with van der Waals surface area (Å²) >= 11 is 0. The number of carbonyl (C=O) groups excluding carboxylic acids is 2. The van der Waals surface area contributed by atoms with Crippen LogP contribution < -0.4 is 19.9 Å². The van der Waals surface area contributed by atoms with Gasteiger partial charge in [-0.15, -0.1) is 0 Å². The van der Waals surface area contributed by atoms with Gasteiger partial charge in [-0.3, -0.25) is 9.59 Å². The molecule has 2 aromatic carbocycles. The van der Waals surface area contributed by atoms with Crippen LogP contribution in [0.5, 0.6) is 17.2 Å². The van der Waals surface area contributed by atoms with Crippen molar-refractivity contribution in [2.75, 3.05) is 39.8 Å². The van der Waals surface area contributed by atoms with E-state index in [9.17, 15) is 9.59 Å². The predicted molar refractivity (Wildman–Crippen MR) is 172 cm³/mol. The molecule has 0 radical (unpaired) electrons. The fourth-order valence-electron chi connectivity index (χ4n) is 4.36. The first-order chi connectivity index (χ1) is 20.3. The molecule has 2 aromatic rings. The van der Waals surface area contributed by atoms with E-state index in [1.807, 2.05) is 30.5 Å². The molecule has 10 heteroatoms. The molecule has 9 nitrogen and oxygen atoms in total. The fourth-order valence-corrected chi connectivity index (χ4v) is 5.40. The van der Waals surface area contributed by atoms with Gasteiger partial charge in [0.25, 0.3) is 5.91 Å². The molecule has 0 saturated heterocycles. The lowest BCUT2D eigenvalue weighted by Crippen LogP contribution is -2.45. The van der Waals surface area contributed by atoms with Crippen LogP contribution in [0.3, 0.4) is 0 Å². The topological polar surface area (TPSA) is 110 Å². The van der Waals surface area contributed by atoms with Gasteiger partial charge in [0.15, 0.2) is 19.8 Å². The van der Waals surface area contributed by atoms with E-state index in [1.165, 1.54) is 13.2 Å². The standard InChI is InChI=1S/C33H46N2O7Si/c1-9-16-41-31(36)11-10-17-40-30-20-28(34)27(19-29(30)39-6)32(37)35-21-24(23-12-14-26(38-5)15-13-23)18-25(35)22-42-43(7,8)33(2,3)4/h9,12-15,19-21,25H,1,10-11,16-18,22,34H2,2-8H3/t25-/m0/s1. The number of anilines is 1. The van der Waals surface area contributed by atoms with E-state index >= 15 is 0 Å². The van der Waals surface area contributed by atoms with Crippen LogP contribution in [0.25, 0.3) is 5.57 Å². The van der Waals surface area contributed by atoms with Gasteiger partial charge in [0.2, 0.25) is 0 Å². The zero-order chi connectivity index (χ0) is 31.8. The van der Waals surface area contributed by atoms with Crippen molar-refractivity contribution in [1.82, 2.24) is 4.90 Å². The molecule has 0 saturated carbocycles. The minimum absolute atomic E-state index is 0.0339. The number of ether oxygens (including phenoxy) is 4. The maximum absolute atomic E-state index is 14.1. The molecule has 0 bridgehead atoms. The minimum atomic E-state index is -2.07. The lowest BCUT2D eigenvalue weighted by Gasteiger charge is -2.38. The first-order valence-electron chi connectivity index (χ1n) is 14.5. The quantitative estimate of drug-likeness (QED) is 0.0854. The van der Waals surface area contributed by atoms with Crippen molar-refractivity contribution < 1.29 is 33.0 Å². The second-order valence-electron chi connectivity index (χ2n) is 12.0. The monoisotopic (exact) mass is 610 g/mol. The Kier molecular flexibility index (Phi) is 11.5. The molecule has 1 aliphatic heterocycles. The van der Waals surface area contributed by atoms with E-state index in [4.69, 9.17) is 29.1 Å². The van der Waals surface area contributed by atoms with Crippen LogP contribution in [-0.2, 0) is 14.0 Å². The summed E-state index contributed by atoms with van der Waals surface area (Å²) in [5, 5.41) is 0.0339. The average molecular weight is 611 g/mol. The summed E-state index contributed by atoms with van der Waals surface area (Å²) in [4.78, 5) is 27.5. The summed E-state index contributed by atoms with van der Waals surface area (Å²) < 4.78 is 28.3. The highest BCUT2D eigenvalue weighted by atomic mass is 28.4. The number of carbonyl (C=O) groups is 2. The minimum Gasteiger partial charge on any atom is -0.497 e. The second-order valence-corrected chi connectivity index (χ2v) is 16.8. The van der Waals surface area contributed by atoms with E-state index in [0.717, 1.165) is 16.9 Å². The van der Waals surface area contributed by atoms with Crippen molar-refractivity contribution in [3.05, 3.63) is 66.4 Å². The third-order valence-corrected chi connectivity index (χ3v) is 12.5. The maximum atomic E-state index is 14.1. The van der Waals surface area contributed by atoms with Crippen molar-refractivity contribution in [3.8, 4) is 17.2 Å². The number of nitrogens with two attached hydrogens (primary N) is 1. The van der Waals surface area contributed by atoms with Gasteiger partial charge in [-0.25, -0.2) is 0 Å². The molecule has 234 valence electrons. The van der Waals surface area contributed by atoms with E-state index in [2.05, 4.69) is 40.4 Å². The molecule has 0 fully saturated rings. The molecular formula is C33H46N2O7Si. The lowest BCUT2D eigenvalue weighted by molar-refractivity contribution is -0.142. The molecule has 3 rings (SSSR count). The van der Waals surface area contributed by atoms with E-state index < -0.39 is 8.32 Å². The second kappa shape index (κ2) is 14.6. The predicted octanol–water partition coefficient (Wildman–Crippen LogP) is 6.45. The first kappa shape index (κ1) is 33.7. The molecule has 1 aliphatic rings. The van der Waals surface area contributed by atoms with E-state index in [-0.39, 0.29) is 48.3 Å². The van der Waals surface area contributed by atoms with Gasteiger partial charge < -0.3 is 34.0 Å². The normalized spacial score (nSPS) is 15.1. The molecule has 0 aliphatic carbocycles. The molecule has 0 unspecified atom stereocenters. The Morgan fingerprint density at radius 1 is 1.09 bits per heavy atom. The Hall–Kier alpha value is -3.76. The van der Waals surface area contributed by atoms with Crippen LogP contribution in [-0.4, -0.2) is 65.2 Å². The van der Waals surface area contributed by atoms with Crippen LogP contribution in [0.2, 0.25) is 18.1 Å². The van der Waals surface area contributed by atoms with Gasteiger partial charge in [-0.2, -0.15) is 0 Å². The molecule has 1 heterocycles. The van der Waals surface area contributed by atoms with Crippen molar-refractivity contribution in [1.29, 1.82) is 0 Å². The number of nitrogens with zero attached hydrogens (tertiary/aromatic N) is 1. The Labute approximate surface area is 256 Å². The number of hydrogen-bond donors (Lipinski definition) is 1. The van der Waals surface area contributed by atoms with Crippen molar-refractivity contribution in [2.24, 2.45) is 0 Å². The number of methoxy groups -OCH3 is 2. The highest BCUT2D eigenvalue weighted by Crippen LogP contribution is 2.39. The fraction of sp³-hybridized carbons (Fsp3) is 0.455. The van der Waals surface area contributed by atoms with Crippen LogP contribution in [0.4, 0.5) is 5.69 Å². The smallest absolute Gasteiger partial charge is 0.306 e. The average Bonchev–Trinajstić information content (AvgIpc) is 3.40. The number of benzene rings is 2. The summed E-state index contributed by atoms with van der Waals surface area (Å²) in [5.74, 6) is 0.961. The van der Waals surface area contributed by atoms with Gasteiger partial charge in [0.1, 0.15) is 12.4 Å². The zero-order valence-electron chi connectivity index (χ0n) is 26.5. The molecule has 43 heavy (non-hydrogen) atoms. The van der Waals surface area contributed by atoms with Gasteiger partial charge in [-0.1, -0.05) is 45.6 Å². The Bertz CT molecular complexity index is 1320. The zero-order valence-corrected chi connectivity index (χ0v) is 27.5. The Morgan fingerprint density at radius 3 is 2.40 bits per heavy atom. The number of esters is 1. The van der Waals surface area contributed by atoms with Gasteiger partial charge >= 0.3 is 5.97 Å².